The van der Waals surface area contributed by atoms with Crippen LogP contribution in [0.25, 0.3) is 0 Å². The maximum Gasteiger partial charge on any atom is 0.396 e. The summed E-state index contributed by atoms with van der Waals surface area (Å²) < 4.78 is 39.8. The van der Waals surface area contributed by atoms with Crippen molar-refractivity contribution in [2.24, 2.45) is 5.92 Å². The molecule has 3 nitrogen and oxygen atoms in total. The fourth-order valence-corrected chi connectivity index (χ4v) is 3.12. The Morgan fingerprint density at radius 3 is 2.50 bits per heavy atom. The van der Waals surface area contributed by atoms with E-state index in [1.807, 2.05) is 0 Å². The van der Waals surface area contributed by atoms with E-state index in [1.165, 1.54) is 12.1 Å². The molecule has 0 bridgehead atoms. The number of likely N-dealkylation sites (tertiary alicyclic amines) is 1. The molecule has 1 N–H and O–H groups in total. The third-order valence-electron chi connectivity index (χ3n) is 4.62. The van der Waals surface area contributed by atoms with E-state index in [1.54, 1.807) is 18.2 Å². The molecule has 0 spiro atoms. The van der Waals surface area contributed by atoms with Crippen LogP contribution in [0.4, 0.5) is 13.2 Å². The zero-order valence-electron chi connectivity index (χ0n) is 14.1. The van der Waals surface area contributed by atoms with Crippen molar-refractivity contribution < 1.29 is 18.0 Å². The van der Waals surface area contributed by atoms with Gasteiger partial charge in [-0.25, -0.2) is 0 Å². The highest BCUT2D eigenvalue weighted by atomic mass is 19.4. The number of amides is 1. The van der Waals surface area contributed by atoms with Crippen molar-refractivity contribution in [3.8, 4) is 0 Å². The van der Waals surface area contributed by atoms with Gasteiger partial charge in [0.25, 0.3) is 0 Å². The summed E-state index contributed by atoms with van der Waals surface area (Å²) in [6, 6.07) is 8.08. The van der Waals surface area contributed by atoms with Gasteiger partial charge in [0.15, 0.2) is 0 Å². The number of carbonyl (C=O) groups excluding carboxylic acids is 1. The third kappa shape index (κ3) is 5.23. The second-order valence-electron chi connectivity index (χ2n) is 6.76. The van der Waals surface area contributed by atoms with E-state index in [0.717, 1.165) is 19.5 Å². The van der Waals surface area contributed by atoms with Crippen molar-refractivity contribution >= 4 is 5.91 Å². The van der Waals surface area contributed by atoms with E-state index in [4.69, 9.17) is 0 Å². The number of nitrogens with zero attached hydrogens (tertiary/aromatic N) is 1. The van der Waals surface area contributed by atoms with Gasteiger partial charge in [0, 0.05) is 25.6 Å². The maximum atomic E-state index is 13.3. The van der Waals surface area contributed by atoms with Gasteiger partial charge in [-0.05, 0) is 38.3 Å². The smallest absolute Gasteiger partial charge is 0.356 e. The Labute approximate surface area is 141 Å². The topological polar surface area (TPSA) is 32.3 Å². The molecule has 1 fully saturated rings. The molecule has 1 saturated heterocycles. The van der Waals surface area contributed by atoms with Crippen molar-refractivity contribution in [2.45, 2.75) is 44.8 Å². The first-order valence-electron chi connectivity index (χ1n) is 8.39. The minimum absolute atomic E-state index is 0.131. The number of halogens is 3. The number of rotatable bonds is 6. The Hall–Kier alpha value is -1.56. The van der Waals surface area contributed by atoms with Crippen LogP contribution in [0.15, 0.2) is 30.3 Å². The molecule has 2 atom stereocenters. The Bertz CT molecular complexity index is 531. The minimum atomic E-state index is -4.43. The zero-order valence-corrected chi connectivity index (χ0v) is 14.1. The molecule has 1 aromatic carbocycles. The van der Waals surface area contributed by atoms with Crippen LogP contribution in [0.5, 0.6) is 0 Å². The summed E-state index contributed by atoms with van der Waals surface area (Å²) in [6.45, 7) is 6.55. The van der Waals surface area contributed by atoms with Crippen LogP contribution in [0.3, 0.4) is 0 Å². The fraction of sp³-hybridized carbons (Fsp3) is 0.611. The van der Waals surface area contributed by atoms with E-state index in [-0.39, 0.29) is 5.56 Å². The summed E-state index contributed by atoms with van der Waals surface area (Å²) >= 11 is 0. The Balaban J connectivity index is 1.88. The molecule has 6 heteroatoms. The molecule has 24 heavy (non-hydrogen) atoms. The number of hydrogen-bond acceptors (Lipinski definition) is 2. The Morgan fingerprint density at radius 1 is 1.29 bits per heavy atom. The Morgan fingerprint density at radius 2 is 1.96 bits per heavy atom. The second-order valence-corrected chi connectivity index (χ2v) is 6.76. The highest BCUT2D eigenvalue weighted by Crippen LogP contribution is 2.37. The molecule has 0 saturated carbocycles. The summed E-state index contributed by atoms with van der Waals surface area (Å²) in [4.78, 5) is 14.3. The van der Waals surface area contributed by atoms with E-state index in [2.05, 4.69) is 24.1 Å². The van der Waals surface area contributed by atoms with Crippen LogP contribution in [0.2, 0.25) is 0 Å². The lowest BCUT2D eigenvalue weighted by Gasteiger charge is -2.22. The first kappa shape index (κ1) is 18.8. The van der Waals surface area contributed by atoms with E-state index in [9.17, 15) is 18.0 Å². The molecular formula is C18H25F3N2O. The number of hydrogen-bond donors (Lipinski definition) is 1. The lowest BCUT2D eigenvalue weighted by Crippen LogP contribution is -2.35. The standard InChI is InChI=1S/C18H25F3N2O/c1-13(2)23-9-8-14(12-23)11-22-17(24)10-16(18(19,20)21)15-6-4-3-5-7-15/h3-7,13-14,16H,8-12H2,1-2H3,(H,22,24)/t14-,16-/m1/s1. The van der Waals surface area contributed by atoms with Crippen molar-refractivity contribution in [2.75, 3.05) is 19.6 Å². The maximum absolute atomic E-state index is 13.3. The SMILES string of the molecule is CC(C)N1CC[C@H](CNC(=O)C[C@H](c2ccccc2)C(F)(F)F)C1. The molecular weight excluding hydrogens is 317 g/mol. The molecule has 1 aliphatic heterocycles. The molecule has 1 heterocycles. The predicted octanol–water partition coefficient (Wildman–Crippen LogP) is 3.57. The van der Waals surface area contributed by atoms with Crippen LogP contribution in [-0.4, -0.2) is 42.7 Å². The average molecular weight is 342 g/mol. The normalized spacial score (nSPS) is 20.3. The molecule has 0 unspecified atom stereocenters. The molecule has 134 valence electrons. The number of alkyl halides is 3. The molecule has 1 aromatic rings. The first-order chi connectivity index (χ1) is 11.3. The highest BCUT2D eigenvalue weighted by molar-refractivity contribution is 5.77. The van der Waals surface area contributed by atoms with Gasteiger partial charge in [-0.2, -0.15) is 13.2 Å². The lowest BCUT2D eigenvalue weighted by molar-refractivity contribution is -0.157. The summed E-state index contributed by atoms with van der Waals surface area (Å²) in [7, 11) is 0. The molecule has 0 aliphatic carbocycles. The van der Waals surface area contributed by atoms with E-state index < -0.39 is 24.4 Å². The molecule has 1 aliphatic rings. The van der Waals surface area contributed by atoms with Crippen LogP contribution in [0.1, 0.15) is 38.2 Å². The van der Waals surface area contributed by atoms with Crippen molar-refractivity contribution in [3.05, 3.63) is 35.9 Å². The zero-order chi connectivity index (χ0) is 17.7. The van der Waals surface area contributed by atoms with E-state index >= 15 is 0 Å². The van der Waals surface area contributed by atoms with Crippen LogP contribution >= 0.6 is 0 Å². The van der Waals surface area contributed by atoms with Crippen LogP contribution in [0, 0.1) is 5.92 Å². The number of benzene rings is 1. The highest BCUT2D eigenvalue weighted by Gasteiger charge is 2.41. The summed E-state index contributed by atoms with van der Waals surface area (Å²) in [5.41, 5.74) is 0.131. The van der Waals surface area contributed by atoms with Crippen LogP contribution in [-0.2, 0) is 4.79 Å². The van der Waals surface area contributed by atoms with Gasteiger partial charge < -0.3 is 10.2 Å². The van der Waals surface area contributed by atoms with Crippen LogP contribution < -0.4 is 5.32 Å². The molecule has 1 amide bonds. The van der Waals surface area contributed by atoms with Gasteiger partial charge in [0.1, 0.15) is 0 Å². The number of nitrogens with one attached hydrogen (secondary N) is 1. The van der Waals surface area contributed by atoms with Gasteiger partial charge in [0.2, 0.25) is 5.91 Å². The van der Waals surface area contributed by atoms with Gasteiger partial charge in [-0.15, -0.1) is 0 Å². The second kappa shape index (κ2) is 8.01. The van der Waals surface area contributed by atoms with Gasteiger partial charge in [-0.1, -0.05) is 30.3 Å². The van der Waals surface area contributed by atoms with Crippen molar-refractivity contribution in [3.63, 3.8) is 0 Å². The minimum Gasteiger partial charge on any atom is -0.356 e. The molecule has 0 radical (unpaired) electrons. The molecule has 0 aromatic heterocycles. The van der Waals surface area contributed by atoms with Gasteiger partial charge in [0.05, 0.1) is 5.92 Å². The average Bonchev–Trinajstić information content (AvgIpc) is 2.99. The lowest BCUT2D eigenvalue weighted by atomic mass is 9.94. The van der Waals surface area contributed by atoms with Gasteiger partial charge in [-0.3, -0.25) is 4.79 Å². The largest absolute Gasteiger partial charge is 0.396 e. The fourth-order valence-electron chi connectivity index (χ4n) is 3.12. The Kier molecular flexibility index (Phi) is 6.27. The third-order valence-corrected chi connectivity index (χ3v) is 4.62. The summed E-state index contributed by atoms with van der Waals surface area (Å²) in [5, 5.41) is 2.69. The van der Waals surface area contributed by atoms with Crippen molar-refractivity contribution in [1.29, 1.82) is 0 Å². The number of carbonyl (C=O) groups is 1. The first-order valence-corrected chi connectivity index (χ1v) is 8.39. The molecule has 2 rings (SSSR count). The summed E-state index contributed by atoms with van der Waals surface area (Å²) in [5.74, 6) is -1.98. The summed E-state index contributed by atoms with van der Waals surface area (Å²) in [6.07, 6.45) is -4.02. The quantitative estimate of drug-likeness (QED) is 0.857. The van der Waals surface area contributed by atoms with Gasteiger partial charge >= 0.3 is 6.18 Å². The monoisotopic (exact) mass is 342 g/mol. The van der Waals surface area contributed by atoms with Crippen molar-refractivity contribution in [1.82, 2.24) is 10.2 Å². The van der Waals surface area contributed by atoms with E-state index in [0.29, 0.717) is 18.5 Å². The predicted molar refractivity (Wildman–Crippen MR) is 87.7 cm³/mol.